The molecule has 0 spiro atoms. The van der Waals surface area contributed by atoms with Crippen LogP contribution in [0.2, 0.25) is 5.02 Å². The minimum Gasteiger partial charge on any atom is -0.491 e. The molecule has 1 saturated heterocycles. The van der Waals surface area contributed by atoms with Gasteiger partial charge in [-0.3, -0.25) is 4.90 Å². The van der Waals surface area contributed by atoms with Crippen molar-refractivity contribution in [1.82, 2.24) is 4.90 Å². The second kappa shape index (κ2) is 6.63. The summed E-state index contributed by atoms with van der Waals surface area (Å²) < 4.78 is 5.66. The summed E-state index contributed by atoms with van der Waals surface area (Å²) in [6, 6.07) is 7.25. The van der Waals surface area contributed by atoms with Crippen molar-refractivity contribution < 1.29 is 4.74 Å². The fourth-order valence-corrected chi connectivity index (χ4v) is 2.36. The molecule has 0 saturated carbocycles. The molecular weight excluding hydrogens is 248 g/mol. The number of piperidine rings is 1. The number of likely N-dealkylation sites (tertiary alicyclic amines) is 1. The zero-order chi connectivity index (χ0) is 12.8. The fourth-order valence-electron chi connectivity index (χ4n) is 2.18. The molecule has 0 bridgehead atoms. The number of hydrogen-bond donors (Lipinski definition) is 0. The van der Waals surface area contributed by atoms with E-state index < -0.39 is 0 Å². The van der Waals surface area contributed by atoms with E-state index in [0.717, 1.165) is 19.6 Å². The van der Waals surface area contributed by atoms with Crippen LogP contribution in [0, 0.1) is 11.3 Å². The number of halogens is 1. The minimum absolute atomic E-state index is 0.501. The molecule has 1 fully saturated rings. The number of benzene rings is 1. The van der Waals surface area contributed by atoms with Gasteiger partial charge in [0.25, 0.3) is 0 Å². The van der Waals surface area contributed by atoms with Gasteiger partial charge in [-0.25, -0.2) is 0 Å². The Kier molecular flexibility index (Phi) is 4.86. The van der Waals surface area contributed by atoms with Crippen LogP contribution in [-0.2, 0) is 0 Å². The van der Waals surface area contributed by atoms with Crippen LogP contribution in [0.15, 0.2) is 18.2 Å². The molecule has 0 unspecified atom stereocenters. The number of hydrogen-bond acceptors (Lipinski definition) is 3. The maximum Gasteiger partial charge on any atom is 0.137 e. The van der Waals surface area contributed by atoms with Gasteiger partial charge in [-0.2, -0.15) is 5.26 Å². The first-order valence-corrected chi connectivity index (χ1v) is 6.72. The molecule has 1 aliphatic rings. The molecule has 4 heteroatoms. The van der Waals surface area contributed by atoms with Crippen molar-refractivity contribution in [3.8, 4) is 11.8 Å². The van der Waals surface area contributed by atoms with Gasteiger partial charge < -0.3 is 4.74 Å². The van der Waals surface area contributed by atoms with Gasteiger partial charge in [-0.1, -0.05) is 18.0 Å². The summed E-state index contributed by atoms with van der Waals surface area (Å²) >= 11 is 5.84. The standard InChI is InChI=1S/C14H17ClN2O/c15-13-4-5-14(12(10-13)11-16)18-9-8-17-6-2-1-3-7-17/h4-5,10H,1-3,6-9H2. The lowest BCUT2D eigenvalue weighted by Gasteiger charge is -2.26. The zero-order valence-corrected chi connectivity index (χ0v) is 11.1. The number of nitrogens with zero attached hydrogens (tertiary/aromatic N) is 2. The minimum atomic E-state index is 0.501. The van der Waals surface area contributed by atoms with E-state index in [-0.39, 0.29) is 0 Å². The van der Waals surface area contributed by atoms with Gasteiger partial charge in [-0.15, -0.1) is 0 Å². The predicted octanol–water partition coefficient (Wildman–Crippen LogP) is 3.08. The topological polar surface area (TPSA) is 36.3 Å². The van der Waals surface area contributed by atoms with Crippen LogP contribution in [-0.4, -0.2) is 31.1 Å². The Morgan fingerprint density at radius 3 is 2.78 bits per heavy atom. The van der Waals surface area contributed by atoms with Gasteiger partial charge in [0.1, 0.15) is 18.4 Å². The van der Waals surface area contributed by atoms with Gasteiger partial charge >= 0.3 is 0 Å². The van der Waals surface area contributed by atoms with Crippen molar-refractivity contribution in [2.75, 3.05) is 26.2 Å². The molecule has 1 heterocycles. The van der Waals surface area contributed by atoms with Crippen molar-refractivity contribution in [3.63, 3.8) is 0 Å². The summed E-state index contributed by atoms with van der Waals surface area (Å²) in [4.78, 5) is 2.41. The van der Waals surface area contributed by atoms with Gasteiger partial charge in [0, 0.05) is 11.6 Å². The Morgan fingerprint density at radius 2 is 2.06 bits per heavy atom. The molecule has 0 aliphatic carbocycles. The summed E-state index contributed by atoms with van der Waals surface area (Å²) in [5, 5.41) is 9.56. The third-order valence-electron chi connectivity index (χ3n) is 3.18. The number of nitriles is 1. The average Bonchev–Trinajstić information content (AvgIpc) is 2.41. The van der Waals surface area contributed by atoms with E-state index in [0.29, 0.717) is 22.9 Å². The largest absolute Gasteiger partial charge is 0.491 e. The van der Waals surface area contributed by atoms with Gasteiger partial charge in [-0.05, 0) is 44.1 Å². The second-order valence-corrected chi connectivity index (χ2v) is 4.94. The molecule has 0 N–H and O–H groups in total. The van der Waals surface area contributed by atoms with Crippen LogP contribution >= 0.6 is 11.6 Å². The SMILES string of the molecule is N#Cc1cc(Cl)ccc1OCCN1CCCCC1. The third kappa shape index (κ3) is 3.63. The van der Waals surface area contributed by atoms with E-state index in [2.05, 4.69) is 11.0 Å². The van der Waals surface area contributed by atoms with Crippen molar-refractivity contribution in [3.05, 3.63) is 28.8 Å². The van der Waals surface area contributed by atoms with Crippen LogP contribution in [0.1, 0.15) is 24.8 Å². The maximum absolute atomic E-state index is 8.99. The molecule has 18 heavy (non-hydrogen) atoms. The number of rotatable bonds is 4. The molecule has 2 rings (SSSR count). The highest BCUT2D eigenvalue weighted by Gasteiger charge is 2.10. The molecule has 0 atom stereocenters. The first-order valence-electron chi connectivity index (χ1n) is 6.34. The molecule has 0 radical (unpaired) electrons. The van der Waals surface area contributed by atoms with Crippen molar-refractivity contribution >= 4 is 11.6 Å². The molecule has 1 aromatic carbocycles. The van der Waals surface area contributed by atoms with Crippen LogP contribution in [0.4, 0.5) is 0 Å². The molecule has 96 valence electrons. The van der Waals surface area contributed by atoms with E-state index in [1.54, 1.807) is 18.2 Å². The first kappa shape index (κ1) is 13.2. The van der Waals surface area contributed by atoms with E-state index >= 15 is 0 Å². The van der Waals surface area contributed by atoms with Crippen molar-refractivity contribution in [1.29, 1.82) is 5.26 Å². The molecular formula is C14H17ClN2O. The summed E-state index contributed by atoms with van der Waals surface area (Å²) in [6.45, 7) is 3.87. The fraction of sp³-hybridized carbons (Fsp3) is 0.500. The van der Waals surface area contributed by atoms with Crippen molar-refractivity contribution in [2.24, 2.45) is 0 Å². The lowest BCUT2D eigenvalue weighted by atomic mass is 10.1. The summed E-state index contributed by atoms with van der Waals surface area (Å²) in [7, 11) is 0. The second-order valence-electron chi connectivity index (χ2n) is 4.50. The Hall–Kier alpha value is -1.24. The Balaban J connectivity index is 1.84. The molecule has 1 aliphatic heterocycles. The average molecular weight is 265 g/mol. The third-order valence-corrected chi connectivity index (χ3v) is 3.41. The van der Waals surface area contributed by atoms with E-state index in [4.69, 9.17) is 21.6 Å². The quantitative estimate of drug-likeness (QED) is 0.839. The van der Waals surface area contributed by atoms with E-state index in [9.17, 15) is 0 Å². The molecule has 1 aromatic rings. The Labute approximate surface area is 113 Å². The summed E-state index contributed by atoms with van der Waals surface area (Å²) in [6.07, 6.45) is 3.90. The highest BCUT2D eigenvalue weighted by Crippen LogP contribution is 2.22. The van der Waals surface area contributed by atoms with Gasteiger partial charge in [0.15, 0.2) is 0 Å². The van der Waals surface area contributed by atoms with E-state index in [1.807, 2.05) is 0 Å². The molecule has 0 aromatic heterocycles. The first-order chi connectivity index (χ1) is 8.79. The van der Waals surface area contributed by atoms with Gasteiger partial charge in [0.2, 0.25) is 0 Å². The van der Waals surface area contributed by atoms with Crippen LogP contribution < -0.4 is 4.74 Å². The van der Waals surface area contributed by atoms with Gasteiger partial charge in [0.05, 0.1) is 5.56 Å². The highest BCUT2D eigenvalue weighted by atomic mass is 35.5. The highest BCUT2D eigenvalue weighted by molar-refractivity contribution is 6.30. The smallest absolute Gasteiger partial charge is 0.137 e. The summed E-state index contributed by atoms with van der Waals surface area (Å²) in [5.74, 6) is 0.624. The Morgan fingerprint density at radius 1 is 1.28 bits per heavy atom. The van der Waals surface area contributed by atoms with E-state index in [1.165, 1.54) is 19.3 Å². The molecule has 0 amide bonds. The van der Waals surface area contributed by atoms with Crippen LogP contribution in [0.25, 0.3) is 0 Å². The monoisotopic (exact) mass is 264 g/mol. The number of ether oxygens (including phenoxy) is 1. The lowest BCUT2D eigenvalue weighted by molar-refractivity contribution is 0.183. The Bertz CT molecular complexity index is 436. The maximum atomic E-state index is 8.99. The lowest BCUT2D eigenvalue weighted by Crippen LogP contribution is -2.33. The van der Waals surface area contributed by atoms with Crippen LogP contribution in [0.3, 0.4) is 0 Å². The predicted molar refractivity (Wildman–Crippen MR) is 72.0 cm³/mol. The van der Waals surface area contributed by atoms with Crippen LogP contribution in [0.5, 0.6) is 5.75 Å². The normalized spacial score (nSPS) is 16.2. The zero-order valence-electron chi connectivity index (χ0n) is 10.4. The summed E-state index contributed by atoms with van der Waals surface area (Å²) in [5.41, 5.74) is 0.501. The molecule has 3 nitrogen and oxygen atoms in total. The van der Waals surface area contributed by atoms with Crippen molar-refractivity contribution in [2.45, 2.75) is 19.3 Å².